The molecule has 4 heteroatoms. The molecular formula is C13H22N2OS. The van der Waals surface area contributed by atoms with Gasteiger partial charge in [-0.1, -0.05) is 6.92 Å². The first-order valence-corrected chi connectivity index (χ1v) is 7.54. The molecule has 0 saturated carbocycles. The van der Waals surface area contributed by atoms with Gasteiger partial charge in [-0.25, -0.2) is 0 Å². The molecule has 2 heterocycles. The maximum atomic E-state index is 5.83. The lowest BCUT2D eigenvalue weighted by atomic mass is 10.2. The number of furan rings is 1. The second-order valence-electron chi connectivity index (χ2n) is 4.46. The lowest BCUT2D eigenvalue weighted by molar-refractivity contribution is 0.266. The van der Waals surface area contributed by atoms with Crippen molar-refractivity contribution in [1.29, 1.82) is 0 Å². The Hall–Kier alpha value is -0.450. The molecule has 1 aliphatic rings. The summed E-state index contributed by atoms with van der Waals surface area (Å²) in [4.78, 5) is 2.48. The summed E-state index contributed by atoms with van der Waals surface area (Å²) in [5.41, 5.74) is 1.30. The van der Waals surface area contributed by atoms with Gasteiger partial charge in [0, 0.05) is 36.7 Å². The number of nitrogens with zero attached hydrogens (tertiary/aromatic N) is 1. The quantitative estimate of drug-likeness (QED) is 0.872. The van der Waals surface area contributed by atoms with Gasteiger partial charge in [-0.05, 0) is 19.5 Å². The Kier molecular flexibility index (Phi) is 4.95. The molecule has 0 unspecified atom stereocenters. The van der Waals surface area contributed by atoms with E-state index in [9.17, 15) is 0 Å². The van der Waals surface area contributed by atoms with E-state index in [1.165, 1.54) is 30.2 Å². The van der Waals surface area contributed by atoms with Crippen molar-refractivity contribution in [2.24, 2.45) is 0 Å². The largest absolute Gasteiger partial charge is 0.465 e. The lowest BCUT2D eigenvalue weighted by Gasteiger charge is -2.24. The average molecular weight is 254 g/mol. The Morgan fingerprint density at radius 2 is 2.18 bits per heavy atom. The SMILES string of the molecule is CCNCc1cc(CN2CCSCC2)oc1C. The molecule has 0 amide bonds. The Morgan fingerprint density at radius 3 is 2.88 bits per heavy atom. The summed E-state index contributed by atoms with van der Waals surface area (Å²) in [5, 5.41) is 3.35. The van der Waals surface area contributed by atoms with Crippen molar-refractivity contribution in [2.75, 3.05) is 31.1 Å². The van der Waals surface area contributed by atoms with E-state index >= 15 is 0 Å². The number of nitrogens with one attached hydrogen (secondary N) is 1. The molecule has 0 aromatic carbocycles. The van der Waals surface area contributed by atoms with Gasteiger partial charge in [0.1, 0.15) is 11.5 Å². The number of aryl methyl sites for hydroxylation is 1. The highest BCUT2D eigenvalue weighted by molar-refractivity contribution is 7.99. The van der Waals surface area contributed by atoms with Gasteiger partial charge in [0.25, 0.3) is 0 Å². The first-order chi connectivity index (χ1) is 8.29. The van der Waals surface area contributed by atoms with Crippen LogP contribution in [0.2, 0.25) is 0 Å². The first-order valence-electron chi connectivity index (χ1n) is 6.38. The smallest absolute Gasteiger partial charge is 0.118 e. The third-order valence-electron chi connectivity index (χ3n) is 3.12. The van der Waals surface area contributed by atoms with Gasteiger partial charge in [-0.2, -0.15) is 11.8 Å². The van der Waals surface area contributed by atoms with E-state index in [0.717, 1.165) is 31.2 Å². The van der Waals surface area contributed by atoms with Crippen LogP contribution >= 0.6 is 11.8 Å². The zero-order valence-electron chi connectivity index (χ0n) is 10.8. The van der Waals surface area contributed by atoms with Crippen LogP contribution < -0.4 is 5.32 Å². The minimum Gasteiger partial charge on any atom is -0.465 e. The summed E-state index contributed by atoms with van der Waals surface area (Å²) in [5.74, 6) is 4.68. The normalized spacial score (nSPS) is 17.5. The molecular weight excluding hydrogens is 232 g/mol. The number of hydrogen-bond acceptors (Lipinski definition) is 4. The zero-order chi connectivity index (χ0) is 12.1. The van der Waals surface area contributed by atoms with Crippen molar-refractivity contribution in [2.45, 2.75) is 26.9 Å². The van der Waals surface area contributed by atoms with E-state index < -0.39 is 0 Å². The van der Waals surface area contributed by atoms with Crippen LogP contribution in [0.4, 0.5) is 0 Å². The molecule has 1 aromatic heterocycles. The summed E-state index contributed by atoms with van der Waals surface area (Å²) in [6.45, 7) is 9.45. The van der Waals surface area contributed by atoms with Crippen LogP contribution in [-0.4, -0.2) is 36.0 Å². The van der Waals surface area contributed by atoms with Crippen LogP contribution in [0.1, 0.15) is 24.0 Å². The Balaban J connectivity index is 1.91. The number of hydrogen-bond donors (Lipinski definition) is 1. The fraction of sp³-hybridized carbons (Fsp3) is 0.692. The molecule has 0 aliphatic carbocycles. The van der Waals surface area contributed by atoms with Crippen LogP contribution in [0.3, 0.4) is 0 Å². The molecule has 0 spiro atoms. The van der Waals surface area contributed by atoms with E-state index in [-0.39, 0.29) is 0 Å². The van der Waals surface area contributed by atoms with Crippen LogP contribution in [0, 0.1) is 6.92 Å². The lowest BCUT2D eigenvalue weighted by Crippen LogP contribution is -2.31. The van der Waals surface area contributed by atoms with Crippen molar-refractivity contribution in [1.82, 2.24) is 10.2 Å². The molecule has 1 aromatic rings. The molecule has 1 fully saturated rings. The monoisotopic (exact) mass is 254 g/mol. The topological polar surface area (TPSA) is 28.4 Å². The van der Waals surface area contributed by atoms with Gasteiger partial charge in [-0.3, -0.25) is 4.90 Å². The highest BCUT2D eigenvalue weighted by atomic mass is 32.2. The molecule has 2 rings (SSSR count). The highest BCUT2D eigenvalue weighted by Crippen LogP contribution is 2.18. The van der Waals surface area contributed by atoms with Crippen molar-refractivity contribution >= 4 is 11.8 Å². The predicted octanol–water partition coefficient (Wildman–Crippen LogP) is 2.25. The molecule has 3 nitrogen and oxygen atoms in total. The highest BCUT2D eigenvalue weighted by Gasteiger charge is 2.14. The van der Waals surface area contributed by atoms with E-state index in [0.29, 0.717) is 0 Å². The summed E-state index contributed by atoms with van der Waals surface area (Å²) in [6.07, 6.45) is 0. The van der Waals surface area contributed by atoms with Crippen molar-refractivity contribution in [3.63, 3.8) is 0 Å². The maximum absolute atomic E-state index is 5.83. The predicted molar refractivity (Wildman–Crippen MR) is 73.4 cm³/mol. The Bertz CT molecular complexity index is 345. The van der Waals surface area contributed by atoms with Gasteiger partial charge in [-0.15, -0.1) is 0 Å². The van der Waals surface area contributed by atoms with Crippen molar-refractivity contribution < 1.29 is 4.42 Å². The number of rotatable bonds is 5. The Morgan fingerprint density at radius 1 is 1.41 bits per heavy atom. The van der Waals surface area contributed by atoms with Gasteiger partial charge in [0.15, 0.2) is 0 Å². The fourth-order valence-corrected chi connectivity index (χ4v) is 3.06. The van der Waals surface area contributed by atoms with Gasteiger partial charge in [0.2, 0.25) is 0 Å². The van der Waals surface area contributed by atoms with E-state index in [2.05, 4.69) is 30.1 Å². The molecule has 1 aliphatic heterocycles. The molecule has 0 atom stereocenters. The summed E-state index contributed by atoms with van der Waals surface area (Å²) in [7, 11) is 0. The minimum absolute atomic E-state index is 0.918. The molecule has 1 saturated heterocycles. The second-order valence-corrected chi connectivity index (χ2v) is 5.69. The molecule has 0 radical (unpaired) electrons. The fourth-order valence-electron chi connectivity index (χ4n) is 2.08. The van der Waals surface area contributed by atoms with Crippen molar-refractivity contribution in [3.8, 4) is 0 Å². The first kappa shape index (κ1) is 13.0. The van der Waals surface area contributed by atoms with Gasteiger partial charge in [0.05, 0.1) is 6.54 Å². The second kappa shape index (κ2) is 6.47. The molecule has 17 heavy (non-hydrogen) atoms. The molecule has 96 valence electrons. The van der Waals surface area contributed by atoms with Crippen LogP contribution in [0.5, 0.6) is 0 Å². The molecule has 1 N–H and O–H groups in total. The standard InChI is InChI=1S/C13H22N2OS/c1-3-14-9-12-8-13(16-11(12)2)10-15-4-6-17-7-5-15/h8,14H,3-7,9-10H2,1-2H3. The minimum atomic E-state index is 0.918. The van der Waals surface area contributed by atoms with E-state index in [1.807, 2.05) is 11.8 Å². The van der Waals surface area contributed by atoms with Crippen LogP contribution in [0.15, 0.2) is 10.5 Å². The third kappa shape index (κ3) is 3.76. The van der Waals surface area contributed by atoms with Crippen molar-refractivity contribution in [3.05, 3.63) is 23.2 Å². The maximum Gasteiger partial charge on any atom is 0.118 e. The summed E-state index contributed by atoms with van der Waals surface area (Å²) >= 11 is 2.05. The number of thioether (sulfide) groups is 1. The summed E-state index contributed by atoms with van der Waals surface area (Å²) < 4.78 is 5.83. The zero-order valence-corrected chi connectivity index (χ0v) is 11.6. The Labute approximate surface area is 108 Å². The average Bonchev–Trinajstić information content (AvgIpc) is 2.68. The molecule has 0 bridgehead atoms. The summed E-state index contributed by atoms with van der Waals surface area (Å²) in [6, 6.07) is 2.21. The van der Waals surface area contributed by atoms with E-state index in [1.54, 1.807) is 0 Å². The van der Waals surface area contributed by atoms with Crippen LogP contribution in [0.25, 0.3) is 0 Å². The third-order valence-corrected chi connectivity index (χ3v) is 4.06. The van der Waals surface area contributed by atoms with E-state index in [4.69, 9.17) is 4.42 Å². The van der Waals surface area contributed by atoms with Gasteiger partial charge >= 0.3 is 0 Å². The van der Waals surface area contributed by atoms with Gasteiger partial charge < -0.3 is 9.73 Å². The van der Waals surface area contributed by atoms with Crippen LogP contribution in [-0.2, 0) is 13.1 Å².